The highest BCUT2D eigenvalue weighted by molar-refractivity contribution is 7.89. The first kappa shape index (κ1) is 25.3. The predicted molar refractivity (Wildman–Crippen MR) is 105 cm³/mol. The van der Waals surface area contributed by atoms with Gasteiger partial charge in [0.05, 0.1) is 19.0 Å². The lowest BCUT2D eigenvalue weighted by Gasteiger charge is -2.48. The molecule has 3 heterocycles. The summed E-state index contributed by atoms with van der Waals surface area (Å²) in [5.41, 5.74) is 0.118. The molecule has 31 heavy (non-hydrogen) atoms. The van der Waals surface area contributed by atoms with Gasteiger partial charge in [0.15, 0.2) is 0 Å². The lowest BCUT2D eigenvalue weighted by Crippen LogP contribution is -2.51. The maximum absolute atomic E-state index is 12.1. The van der Waals surface area contributed by atoms with E-state index in [4.69, 9.17) is 19.4 Å². The molecule has 1 spiro atoms. The van der Waals surface area contributed by atoms with E-state index in [1.54, 1.807) is 17.4 Å². The van der Waals surface area contributed by atoms with Gasteiger partial charge in [-0.2, -0.15) is 13.2 Å². The molecule has 1 N–H and O–H groups in total. The van der Waals surface area contributed by atoms with Gasteiger partial charge in [-0.3, -0.25) is 0 Å². The van der Waals surface area contributed by atoms with Gasteiger partial charge in [-0.25, -0.2) is 22.5 Å². The van der Waals surface area contributed by atoms with Crippen LogP contribution >= 0.6 is 0 Å². The number of halogens is 3. The molecular formula is C19H27F3N2O6S. The number of hydrogen-bond donors (Lipinski definition) is 1. The third-order valence-corrected chi connectivity index (χ3v) is 7.60. The first-order chi connectivity index (χ1) is 14.5. The van der Waals surface area contributed by atoms with Crippen LogP contribution in [0.1, 0.15) is 26.2 Å². The zero-order chi connectivity index (χ0) is 23.1. The number of carboxylic acids is 1. The second-order valence-electron chi connectivity index (χ2n) is 7.47. The van der Waals surface area contributed by atoms with Crippen LogP contribution < -0.4 is 4.74 Å². The average Bonchev–Trinajstić information content (AvgIpc) is 2.74. The van der Waals surface area contributed by atoms with Crippen LogP contribution in [0.3, 0.4) is 0 Å². The molecule has 2 saturated heterocycles. The van der Waals surface area contributed by atoms with E-state index >= 15 is 0 Å². The number of aliphatic carboxylic acids is 1. The van der Waals surface area contributed by atoms with Gasteiger partial charge in [0.1, 0.15) is 0 Å². The minimum atomic E-state index is -5.08. The van der Waals surface area contributed by atoms with Crippen molar-refractivity contribution in [2.24, 2.45) is 11.3 Å². The molecule has 0 radical (unpaired) electrons. The Hall–Kier alpha value is -1.92. The Morgan fingerprint density at radius 1 is 1.32 bits per heavy atom. The van der Waals surface area contributed by atoms with Crippen LogP contribution in [0.2, 0.25) is 0 Å². The van der Waals surface area contributed by atoms with Crippen LogP contribution in [0.5, 0.6) is 5.88 Å². The van der Waals surface area contributed by atoms with E-state index < -0.39 is 22.2 Å². The van der Waals surface area contributed by atoms with Gasteiger partial charge in [-0.1, -0.05) is 6.07 Å². The zero-order valence-electron chi connectivity index (χ0n) is 17.2. The third kappa shape index (κ3) is 7.04. The summed E-state index contributed by atoms with van der Waals surface area (Å²) < 4.78 is 69.1. The number of carbonyl (C=O) groups is 1. The summed E-state index contributed by atoms with van der Waals surface area (Å²) in [5.74, 6) is -1.67. The monoisotopic (exact) mass is 468 g/mol. The normalized spacial score (nSPS) is 21.7. The van der Waals surface area contributed by atoms with E-state index in [0.29, 0.717) is 32.2 Å². The van der Waals surface area contributed by atoms with Crippen LogP contribution in [0.4, 0.5) is 13.2 Å². The van der Waals surface area contributed by atoms with Crippen molar-refractivity contribution in [1.29, 1.82) is 0 Å². The molecule has 2 aliphatic rings. The number of ether oxygens (including phenoxy) is 2. The maximum atomic E-state index is 12.1. The second kappa shape index (κ2) is 10.6. The average molecular weight is 468 g/mol. The molecule has 2 aliphatic heterocycles. The molecule has 1 atom stereocenters. The van der Waals surface area contributed by atoms with Gasteiger partial charge in [-0.15, -0.1) is 0 Å². The molecule has 8 nitrogen and oxygen atoms in total. The Morgan fingerprint density at radius 2 is 1.97 bits per heavy atom. The van der Waals surface area contributed by atoms with E-state index in [-0.39, 0.29) is 17.1 Å². The van der Waals surface area contributed by atoms with Crippen molar-refractivity contribution in [1.82, 2.24) is 9.29 Å². The van der Waals surface area contributed by atoms with E-state index in [1.807, 2.05) is 18.2 Å². The molecule has 0 bridgehead atoms. The zero-order valence-corrected chi connectivity index (χ0v) is 18.0. The highest BCUT2D eigenvalue weighted by Gasteiger charge is 2.45. The fourth-order valence-corrected chi connectivity index (χ4v) is 4.88. The van der Waals surface area contributed by atoms with Crippen molar-refractivity contribution in [3.8, 4) is 5.88 Å². The minimum Gasteiger partial charge on any atom is -0.477 e. The molecule has 0 amide bonds. The standard InChI is InChI=1S/C17H26N2O4S.C2HF3O2/c1-2-24(20,21)19-10-6-17(7-11-19)8-12-22-13-15(17)14-23-16-5-3-4-9-18-16;3-2(4,5)1(6)7/h3-5,9,15H,2,6-8,10-14H2,1H3;(H,6,7). The van der Waals surface area contributed by atoms with Gasteiger partial charge in [-0.05, 0) is 37.7 Å². The third-order valence-electron chi connectivity index (χ3n) is 5.72. The molecule has 3 rings (SSSR count). The van der Waals surface area contributed by atoms with Crippen molar-refractivity contribution in [3.05, 3.63) is 24.4 Å². The summed E-state index contributed by atoms with van der Waals surface area (Å²) in [6, 6.07) is 5.62. The molecule has 0 aliphatic carbocycles. The van der Waals surface area contributed by atoms with Crippen LogP contribution in [0, 0.1) is 11.3 Å². The summed E-state index contributed by atoms with van der Waals surface area (Å²) in [4.78, 5) is 13.1. The van der Waals surface area contributed by atoms with E-state index in [2.05, 4.69) is 4.98 Å². The first-order valence-electron chi connectivity index (χ1n) is 9.90. The van der Waals surface area contributed by atoms with Gasteiger partial charge >= 0.3 is 12.1 Å². The smallest absolute Gasteiger partial charge is 0.477 e. The number of pyridine rings is 1. The van der Waals surface area contributed by atoms with Crippen molar-refractivity contribution in [2.45, 2.75) is 32.4 Å². The highest BCUT2D eigenvalue weighted by Crippen LogP contribution is 2.45. The second-order valence-corrected chi connectivity index (χ2v) is 9.72. The molecule has 1 aromatic heterocycles. The van der Waals surface area contributed by atoms with Crippen LogP contribution in [0.15, 0.2) is 24.4 Å². The SMILES string of the molecule is CCS(=O)(=O)N1CCC2(CCOCC2COc2ccccn2)CC1.O=C(O)C(F)(F)F. The first-order valence-corrected chi connectivity index (χ1v) is 11.5. The molecule has 0 saturated carbocycles. The summed E-state index contributed by atoms with van der Waals surface area (Å²) in [6.07, 6.45) is -0.627. The Bertz CT molecular complexity index is 812. The Kier molecular flexibility index (Phi) is 8.66. The van der Waals surface area contributed by atoms with Gasteiger partial charge in [0.25, 0.3) is 0 Å². The highest BCUT2D eigenvalue weighted by atomic mass is 32.2. The van der Waals surface area contributed by atoms with Crippen LogP contribution in [-0.2, 0) is 19.6 Å². The summed E-state index contributed by atoms with van der Waals surface area (Å²) in [5, 5.41) is 7.12. The van der Waals surface area contributed by atoms with Gasteiger partial charge in [0.2, 0.25) is 15.9 Å². The lowest BCUT2D eigenvalue weighted by molar-refractivity contribution is -0.192. The largest absolute Gasteiger partial charge is 0.490 e. The lowest BCUT2D eigenvalue weighted by atomic mass is 9.66. The minimum absolute atomic E-state index is 0.118. The van der Waals surface area contributed by atoms with Gasteiger partial charge < -0.3 is 14.6 Å². The number of piperidine rings is 1. The summed E-state index contributed by atoms with van der Waals surface area (Å²) >= 11 is 0. The Labute approximate surface area is 179 Å². The van der Waals surface area contributed by atoms with Gasteiger partial charge in [0, 0.05) is 37.9 Å². The maximum Gasteiger partial charge on any atom is 0.490 e. The quantitative estimate of drug-likeness (QED) is 0.708. The van der Waals surface area contributed by atoms with Crippen molar-refractivity contribution in [2.75, 3.05) is 38.7 Å². The fraction of sp³-hybridized carbons (Fsp3) is 0.684. The summed E-state index contributed by atoms with van der Waals surface area (Å²) in [6.45, 7) is 4.91. The van der Waals surface area contributed by atoms with Crippen LogP contribution in [-0.4, -0.2) is 73.6 Å². The molecule has 1 unspecified atom stereocenters. The number of aromatic nitrogens is 1. The molecule has 12 heteroatoms. The van der Waals surface area contributed by atoms with Crippen molar-refractivity contribution in [3.63, 3.8) is 0 Å². The topological polar surface area (TPSA) is 106 Å². The van der Waals surface area contributed by atoms with Crippen LogP contribution in [0.25, 0.3) is 0 Å². The fourth-order valence-electron chi connectivity index (χ4n) is 3.78. The Balaban J connectivity index is 0.000000423. The number of rotatable bonds is 5. The molecule has 176 valence electrons. The number of sulfonamides is 1. The number of nitrogens with zero attached hydrogens (tertiary/aromatic N) is 2. The van der Waals surface area contributed by atoms with Crippen molar-refractivity contribution >= 4 is 16.0 Å². The number of carboxylic acid groups (broad SMARTS) is 1. The molecule has 2 fully saturated rings. The molecular weight excluding hydrogens is 441 g/mol. The molecule has 0 aromatic carbocycles. The van der Waals surface area contributed by atoms with Crippen molar-refractivity contribution < 1.29 is 41.0 Å². The van der Waals surface area contributed by atoms with E-state index in [0.717, 1.165) is 25.9 Å². The predicted octanol–water partition coefficient (Wildman–Crippen LogP) is 2.56. The molecule has 1 aromatic rings. The van der Waals surface area contributed by atoms with E-state index in [1.165, 1.54) is 0 Å². The summed E-state index contributed by atoms with van der Waals surface area (Å²) in [7, 11) is -3.09. The Morgan fingerprint density at radius 3 is 2.48 bits per heavy atom. The number of hydrogen-bond acceptors (Lipinski definition) is 6. The number of alkyl halides is 3. The van der Waals surface area contributed by atoms with E-state index in [9.17, 15) is 21.6 Å².